The van der Waals surface area contributed by atoms with Gasteiger partial charge in [0.15, 0.2) is 0 Å². The third kappa shape index (κ3) is 3.42. The summed E-state index contributed by atoms with van der Waals surface area (Å²) in [7, 11) is 0. The van der Waals surface area contributed by atoms with E-state index in [1.165, 1.54) is 0 Å². The molecule has 0 aromatic heterocycles. The molecule has 0 saturated carbocycles. The van der Waals surface area contributed by atoms with E-state index in [0.29, 0.717) is 6.54 Å². The zero-order valence-corrected chi connectivity index (χ0v) is 9.79. The second-order valence-corrected chi connectivity index (χ2v) is 3.71. The van der Waals surface area contributed by atoms with Crippen molar-refractivity contribution in [3.63, 3.8) is 0 Å². The van der Waals surface area contributed by atoms with Crippen molar-refractivity contribution in [2.45, 2.75) is 19.9 Å². The largest absolute Gasteiger partial charge is 0.374 e. The first-order valence-electron chi connectivity index (χ1n) is 5.36. The highest BCUT2D eigenvalue weighted by Crippen LogP contribution is 2.14. The first-order valence-corrected chi connectivity index (χ1v) is 5.36. The molecular weight excluding hydrogens is 200 g/mol. The van der Waals surface area contributed by atoms with Crippen molar-refractivity contribution in [1.29, 1.82) is 0 Å². The fourth-order valence-corrected chi connectivity index (χ4v) is 1.36. The van der Waals surface area contributed by atoms with Crippen LogP contribution >= 0.6 is 0 Å². The Morgan fingerprint density at radius 3 is 2.81 bits per heavy atom. The number of hydrogen-bond acceptors (Lipinski definition) is 2. The van der Waals surface area contributed by atoms with Crippen LogP contribution in [-0.4, -0.2) is 18.5 Å². The van der Waals surface area contributed by atoms with Gasteiger partial charge >= 0.3 is 0 Å². The van der Waals surface area contributed by atoms with E-state index in [1.54, 1.807) is 6.08 Å². The van der Waals surface area contributed by atoms with Crippen molar-refractivity contribution in [1.82, 2.24) is 5.32 Å². The van der Waals surface area contributed by atoms with Crippen LogP contribution < -0.4 is 10.6 Å². The Kier molecular flexibility index (Phi) is 4.58. The van der Waals surface area contributed by atoms with Crippen LogP contribution in [0.5, 0.6) is 0 Å². The van der Waals surface area contributed by atoms with Crippen LogP contribution in [0.15, 0.2) is 36.9 Å². The molecule has 0 fully saturated rings. The van der Waals surface area contributed by atoms with Crippen LogP contribution in [-0.2, 0) is 4.79 Å². The number of nitrogens with one attached hydrogen (secondary N) is 2. The van der Waals surface area contributed by atoms with E-state index in [0.717, 1.165) is 11.3 Å². The van der Waals surface area contributed by atoms with Gasteiger partial charge in [0.2, 0.25) is 5.91 Å². The summed E-state index contributed by atoms with van der Waals surface area (Å²) in [6, 6.07) is 7.65. The predicted molar refractivity (Wildman–Crippen MR) is 67.5 cm³/mol. The van der Waals surface area contributed by atoms with Crippen molar-refractivity contribution < 1.29 is 4.79 Å². The second-order valence-electron chi connectivity index (χ2n) is 3.71. The Hall–Kier alpha value is -1.77. The van der Waals surface area contributed by atoms with Gasteiger partial charge < -0.3 is 10.6 Å². The molecule has 0 aliphatic heterocycles. The maximum atomic E-state index is 11.6. The molecule has 1 atom stereocenters. The third-order valence-electron chi connectivity index (χ3n) is 2.33. The molecule has 2 N–H and O–H groups in total. The number of aryl methyl sites for hydroxylation is 1. The van der Waals surface area contributed by atoms with Gasteiger partial charge in [-0.2, -0.15) is 0 Å². The summed E-state index contributed by atoms with van der Waals surface area (Å²) >= 11 is 0. The molecule has 1 rings (SSSR count). The summed E-state index contributed by atoms with van der Waals surface area (Å²) < 4.78 is 0. The maximum Gasteiger partial charge on any atom is 0.242 e. The minimum Gasteiger partial charge on any atom is -0.374 e. The molecule has 0 aliphatic carbocycles. The number of benzene rings is 1. The summed E-state index contributed by atoms with van der Waals surface area (Å²) in [4.78, 5) is 11.6. The van der Waals surface area contributed by atoms with Gasteiger partial charge in [-0.1, -0.05) is 24.3 Å². The lowest BCUT2D eigenvalue weighted by Gasteiger charge is -2.16. The third-order valence-corrected chi connectivity index (χ3v) is 2.33. The van der Waals surface area contributed by atoms with Crippen LogP contribution in [0.3, 0.4) is 0 Å². The first kappa shape index (κ1) is 12.3. The van der Waals surface area contributed by atoms with Gasteiger partial charge in [0.1, 0.15) is 6.04 Å². The normalized spacial score (nSPS) is 11.6. The molecule has 0 radical (unpaired) electrons. The number of anilines is 1. The average molecular weight is 218 g/mol. The minimum absolute atomic E-state index is 0.0249. The quantitative estimate of drug-likeness (QED) is 0.743. The molecule has 1 aromatic carbocycles. The van der Waals surface area contributed by atoms with Gasteiger partial charge in [0.25, 0.3) is 0 Å². The number of para-hydroxylation sites is 1. The van der Waals surface area contributed by atoms with Crippen LogP contribution in [0.25, 0.3) is 0 Å². The van der Waals surface area contributed by atoms with Gasteiger partial charge in [-0.3, -0.25) is 4.79 Å². The molecule has 0 heterocycles. The van der Waals surface area contributed by atoms with Crippen molar-refractivity contribution in [2.75, 3.05) is 11.9 Å². The highest BCUT2D eigenvalue weighted by atomic mass is 16.2. The SMILES string of the molecule is C=CCNC(=O)C(C)Nc1ccccc1C. The monoisotopic (exact) mass is 218 g/mol. The van der Waals surface area contributed by atoms with Crippen LogP contribution in [0.4, 0.5) is 5.69 Å². The molecule has 16 heavy (non-hydrogen) atoms. The van der Waals surface area contributed by atoms with E-state index in [4.69, 9.17) is 0 Å². The van der Waals surface area contributed by atoms with E-state index >= 15 is 0 Å². The molecular formula is C13H18N2O. The smallest absolute Gasteiger partial charge is 0.242 e. The molecule has 3 heteroatoms. The Labute approximate surface area is 96.6 Å². The van der Waals surface area contributed by atoms with Gasteiger partial charge in [0.05, 0.1) is 0 Å². The molecule has 1 unspecified atom stereocenters. The number of hydrogen-bond donors (Lipinski definition) is 2. The molecule has 1 aromatic rings. The van der Waals surface area contributed by atoms with E-state index in [2.05, 4.69) is 17.2 Å². The summed E-state index contributed by atoms with van der Waals surface area (Å²) in [5.41, 5.74) is 2.12. The molecule has 0 aliphatic rings. The Morgan fingerprint density at radius 1 is 1.50 bits per heavy atom. The van der Waals surface area contributed by atoms with E-state index in [9.17, 15) is 4.79 Å². The predicted octanol–water partition coefficient (Wildman–Crippen LogP) is 2.10. The van der Waals surface area contributed by atoms with Crippen molar-refractivity contribution >= 4 is 11.6 Å². The standard InChI is InChI=1S/C13H18N2O/c1-4-9-14-13(16)11(3)15-12-8-6-5-7-10(12)2/h4-8,11,15H,1,9H2,2-3H3,(H,14,16). The first-order chi connectivity index (χ1) is 7.65. The number of amides is 1. The molecule has 0 saturated heterocycles. The number of carbonyl (C=O) groups is 1. The highest BCUT2D eigenvalue weighted by Gasteiger charge is 2.11. The lowest BCUT2D eigenvalue weighted by Crippen LogP contribution is -2.37. The summed E-state index contributed by atoms with van der Waals surface area (Å²) in [6.45, 7) is 7.90. The number of rotatable bonds is 5. The maximum absolute atomic E-state index is 11.6. The van der Waals surface area contributed by atoms with Crippen LogP contribution in [0, 0.1) is 6.92 Å². The molecule has 0 spiro atoms. The van der Waals surface area contributed by atoms with E-state index < -0.39 is 0 Å². The Balaban J connectivity index is 2.57. The molecule has 0 bridgehead atoms. The second kappa shape index (κ2) is 5.95. The zero-order valence-electron chi connectivity index (χ0n) is 9.79. The molecule has 3 nitrogen and oxygen atoms in total. The summed E-state index contributed by atoms with van der Waals surface area (Å²) in [6.07, 6.45) is 1.67. The lowest BCUT2D eigenvalue weighted by molar-refractivity contribution is -0.121. The van der Waals surface area contributed by atoms with E-state index in [-0.39, 0.29) is 11.9 Å². The summed E-state index contributed by atoms with van der Waals surface area (Å²) in [5.74, 6) is -0.0249. The van der Waals surface area contributed by atoms with Gasteiger partial charge in [-0.05, 0) is 25.5 Å². The highest BCUT2D eigenvalue weighted by molar-refractivity contribution is 5.84. The molecule has 86 valence electrons. The Morgan fingerprint density at radius 2 is 2.19 bits per heavy atom. The van der Waals surface area contributed by atoms with Crippen molar-refractivity contribution in [3.05, 3.63) is 42.5 Å². The zero-order chi connectivity index (χ0) is 12.0. The van der Waals surface area contributed by atoms with Gasteiger partial charge in [-0.15, -0.1) is 6.58 Å². The van der Waals surface area contributed by atoms with Gasteiger partial charge in [-0.25, -0.2) is 0 Å². The van der Waals surface area contributed by atoms with Crippen molar-refractivity contribution in [2.24, 2.45) is 0 Å². The fraction of sp³-hybridized carbons (Fsp3) is 0.308. The topological polar surface area (TPSA) is 41.1 Å². The van der Waals surface area contributed by atoms with Crippen LogP contribution in [0.1, 0.15) is 12.5 Å². The van der Waals surface area contributed by atoms with Crippen LogP contribution in [0.2, 0.25) is 0 Å². The fourth-order valence-electron chi connectivity index (χ4n) is 1.36. The van der Waals surface area contributed by atoms with Gasteiger partial charge in [0, 0.05) is 12.2 Å². The lowest BCUT2D eigenvalue weighted by atomic mass is 10.2. The average Bonchev–Trinajstić information content (AvgIpc) is 2.28. The minimum atomic E-state index is -0.249. The molecule has 1 amide bonds. The van der Waals surface area contributed by atoms with Crippen molar-refractivity contribution in [3.8, 4) is 0 Å². The Bertz CT molecular complexity index is 374. The number of carbonyl (C=O) groups excluding carboxylic acids is 1. The summed E-state index contributed by atoms with van der Waals surface area (Å²) in [5, 5.41) is 5.92. The van der Waals surface area contributed by atoms with E-state index in [1.807, 2.05) is 38.1 Å².